The van der Waals surface area contributed by atoms with Crippen LogP contribution in [-0.2, 0) is 19.1 Å². The summed E-state index contributed by atoms with van der Waals surface area (Å²) in [5.41, 5.74) is 0. The topological polar surface area (TPSA) is 134 Å². The van der Waals surface area contributed by atoms with E-state index in [0.717, 1.165) is 0 Å². The van der Waals surface area contributed by atoms with Gasteiger partial charge in [-0.05, 0) is 27.7 Å². The van der Waals surface area contributed by atoms with Crippen LogP contribution in [0.5, 0.6) is 0 Å². The molecule has 20 heavy (non-hydrogen) atoms. The fourth-order valence-electron chi connectivity index (χ4n) is 1.04. The highest BCUT2D eigenvalue weighted by Crippen LogP contribution is 1.96. The molecule has 0 radical (unpaired) electrons. The van der Waals surface area contributed by atoms with E-state index in [4.69, 9.17) is 25.2 Å². The number of hydrogen-bond acceptors (Lipinski definition) is 7. The molecule has 0 bridgehead atoms. The molecule has 8 heteroatoms. The van der Waals surface area contributed by atoms with Gasteiger partial charge in [-0.2, -0.15) is 0 Å². The molecule has 0 rings (SSSR count). The highest BCUT2D eigenvalue weighted by Gasteiger charge is 2.31. The molecule has 0 aliphatic carbocycles. The van der Waals surface area contributed by atoms with E-state index in [9.17, 15) is 9.59 Å². The van der Waals surface area contributed by atoms with E-state index >= 15 is 0 Å². The van der Waals surface area contributed by atoms with Crippen LogP contribution in [0, 0.1) is 0 Å². The molecule has 120 valence electrons. The second kappa shape index (κ2) is 11.6. The van der Waals surface area contributed by atoms with Crippen molar-refractivity contribution >= 4 is 11.9 Å². The summed E-state index contributed by atoms with van der Waals surface area (Å²) in [7, 11) is 0. The van der Waals surface area contributed by atoms with E-state index in [1.165, 1.54) is 0 Å². The predicted octanol–water partition coefficient (Wildman–Crippen LogP) is -0.852. The molecule has 2 atom stereocenters. The summed E-state index contributed by atoms with van der Waals surface area (Å²) < 4.78 is 9.41. The Labute approximate surface area is 117 Å². The number of aliphatic hydroxyl groups is 3. The van der Waals surface area contributed by atoms with Gasteiger partial charge in [-0.1, -0.05) is 0 Å². The van der Waals surface area contributed by atoms with E-state index in [1.54, 1.807) is 0 Å². The van der Waals surface area contributed by atoms with Gasteiger partial charge >= 0.3 is 11.9 Å². The SMILES string of the molecule is CC(C)OC(C)C.O=C(O)C(O)C(O)C(=O)OCCO. The fraction of sp³-hybridized carbons (Fsp3) is 0.833. The maximum atomic E-state index is 10.6. The maximum Gasteiger partial charge on any atom is 0.338 e. The van der Waals surface area contributed by atoms with Gasteiger partial charge < -0.3 is 29.9 Å². The van der Waals surface area contributed by atoms with Crippen molar-refractivity contribution in [3.8, 4) is 0 Å². The van der Waals surface area contributed by atoms with Crippen molar-refractivity contribution in [1.82, 2.24) is 0 Å². The van der Waals surface area contributed by atoms with Crippen molar-refractivity contribution in [2.24, 2.45) is 0 Å². The van der Waals surface area contributed by atoms with Crippen LogP contribution in [0.2, 0.25) is 0 Å². The average Bonchev–Trinajstić information content (AvgIpc) is 2.32. The first-order chi connectivity index (χ1) is 9.13. The summed E-state index contributed by atoms with van der Waals surface area (Å²) in [6.45, 7) is 7.36. The van der Waals surface area contributed by atoms with E-state index in [2.05, 4.69) is 4.74 Å². The number of carboxylic acid groups (broad SMARTS) is 1. The summed E-state index contributed by atoms with van der Waals surface area (Å²) >= 11 is 0. The molecule has 0 saturated carbocycles. The third kappa shape index (κ3) is 11.8. The van der Waals surface area contributed by atoms with E-state index < -0.39 is 30.8 Å². The van der Waals surface area contributed by atoms with Crippen LogP contribution in [0.1, 0.15) is 27.7 Å². The van der Waals surface area contributed by atoms with Gasteiger partial charge in [0.05, 0.1) is 18.8 Å². The molecule has 0 saturated heterocycles. The Morgan fingerprint density at radius 2 is 1.45 bits per heavy atom. The number of esters is 1. The lowest BCUT2D eigenvalue weighted by Gasteiger charge is -2.12. The Morgan fingerprint density at radius 3 is 1.70 bits per heavy atom. The van der Waals surface area contributed by atoms with Gasteiger partial charge in [-0.15, -0.1) is 0 Å². The molecule has 0 aliphatic heterocycles. The fourth-order valence-corrected chi connectivity index (χ4v) is 1.04. The number of hydrogen-bond donors (Lipinski definition) is 4. The minimum Gasteiger partial charge on any atom is -0.479 e. The largest absolute Gasteiger partial charge is 0.479 e. The van der Waals surface area contributed by atoms with E-state index in [0.29, 0.717) is 12.2 Å². The summed E-state index contributed by atoms with van der Waals surface area (Å²) in [6, 6.07) is 0. The minimum atomic E-state index is -2.22. The second-order valence-electron chi connectivity index (χ2n) is 4.35. The summed E-state index contributed by atoms with van der Waals surface area (Å²) in [5.74, 6) is -3.02. The van der Waals surface area contributed by atoms with Crippen LogP contribution in [0.4, 0.5) is 0 Å². The number of carbonyl (C=O) groups excluding carboxylic acids is 1. The monoisotopic (exact) mass is 296 g/mol. The molecule has 8 nitrogen and oxygen atoms in total. The van der Waals surface area contributed by atoms with Crippen LogP contribution < -0.4 is 0 Å². The van der Waals surface area contributed by atoms with Crippen molar-refractivity contribution in [2.45, 2.75) is 52.1 Å². The Bertz CT molecular complexity index is 271. The number of carbonyl (C=O) groups is 2. The molecule has 0 fully saturated rings. The van der Waals surface area contributed by atoms with Crippen molar-refractivity contribution < 1.29 is 39.5 Å². The lowest BCUT2D eigenvalue weighted by molar-refractivity contribution is -0.170. The molecule has 0 aromatic carbocycles. The van der Waals surface area contributed by atoms with E-state index in [1.807, 2.05) is 27.7 Å². The summed E-state index contributed by atoms with van der Waals surface area (Å²) in [6.07, 6.45) is -3.60. The molecule has 0 aromatic rings. The number of carboxylic acids is 1. The first-order valence-corrected chi connectivity index (χ1v) is 6.15. The van der Waals surface area contributed by atoms with E-state index in [-0.39, 0.29) is 6.61 Å². The summed E-state index contributed by atoms with van der Waals surface area (Å²) in [5, 5.41) is 33.8. The highest BCUT2D eigenvalue weighted by atomic mass is 16.6. The average molecular weight is 296 g/mol. The van der Waals surface area contributed by atoms with Crippen molar-refractivity contribution in [3.05, 3.63) is 0 Å². The third-order valence-electron chi connectivity index (χ3n) is 1.67. The molecule has 0 aliphatic rings. The number of aliphatic hydroxyl groups excluding tert-OH is 3. The standard InChI is InChI=1S/C6H10O7.C6H14O/c7-1-2-13-6(12)4(9)3(8)5(10)11;1-5(2)7-6(3)4/h3-4,7-9H,1-2H2,(H,10,11);5-6H,1-4H3. The number of rotatable bonds is 7. The molecular weight excluding hydrogens is 272 g/mol. The minimum absolute atomic E-state index is 0.359. The van der Waals surface area contributed by atoms with Gasteiger partial charge in [0.2, 0.25) is 0 Å². The zero-order valence-corrected chi connectivity index (χ0v) is 12.1. The molecule has 4 N–H and O–H groups in total. The molecule has 0 spiro atoms. The quantitative estimate of drug-likeness (QED) is 0.446. The van der Waals surface area contributed by atoms with Crippen molar-refractivity contribution in [2.75, 3.05) is 13.2 Å². The first kappa shape index (κ1) is 21.1. The Balaban J connectivity index is 0. The van der Waals surface area contributed by atoms with Gasteiger partial charge in [0.15, 0.2) is 12.2 Å². The van der Waals surface area contributed by atoms with Gasteiger partial charge in [0, 0.05) is 0 Å². The lowest BCUT2D eigenvalue weighted by Crippen LogP contribution is -2.40. The smallest absolute Gasteiger partial charge is 0.338 e. The molecule has 2 unspecified atom stereocenters. The molecule has 0 aromatic heterocycles. The summed E-state index contributed by atoms with van der Waals surface area (Å²) in [4.78, 5) is 20.7. The van der Waals surface area contributed by atoms with Crippen LogP contribution in [0.25, 0.3) is 0 Å². The van der Waals surface area contributed by atoms with Crippen LogP contribution in [0.3, 0.4) is 0 Å². The third-order valence-corrected chi connectivity index (χ3v) is 1.67. The van der Waals surface area contributed by atoms with Gasteiger partial charge in [0.25, 0.3) is 0 Å². The van der Waals surface area contributed by atoms with Crippen LogP contribution in [0.15, 0.2) is 0 Å². The van der Waals surface area contributed by atoms with Gasteiger partial charge in [-0.3, -0.25) is 0 Å². The number of aliphatic carboxylic acids is 1. The second-order valence-corrected chi connectivity index (χ2v) is 4.35. The van der Waals surface area contributed by atoms with Gasteiger partial charge in [0.1, 0.15) is 6.61 Å². The maximum absolute atomic E-state index is 10.6. The zero-order chi connectivity index (χ0) is 16.3. The Hall–Kier alpha value is -1.22. The zero-order valence-electron chi connectivity index (χ0n) is 12.1. The highest BCUT2D eigenvalue weighted by molar-refractivity contribution is 5.84. The lowest BCUT2D eigenvalue weighted by atomic mass is 10.2. The number of ether oxygens (including phenoxy) is 2. The molecule has 0 amide bonds. The van der Waals surface area contributed by atoms with Crippen molar-refractivity contribution in [1.29, 1.82) is 0 Å². The Kier molecular flexibility index (Phi) is 12.2. The van der Waals surface area contributed by atoms with Crippen molar-refractivity contribution in [3.63, 3.8) is 0 Å². The molecular formula is C12H24O8. The predicted molar refractivity (Wildman–Crippen MR) is 69.1 cm³/mol. The molecule has 0 heterocycles. The first-order valence-electron chi connectivity index (χ1n) is 6.15. The van der Waals surface area contributed by atoms with Crippen LogP contribution >= 0.6 is 0 Å². The van der Waals surface area contributed by atoms with Gasteiger partial charge in [-0.25, -0.2) is 9.59 Å². The normalized spacial score (nSPS) is 13.4. The Morgan fingerprint density at radius 1 is 1.00 bits per heavy atom. The van der Waals surface area contributed by atoms with Crippen LogP contribution in [-0.4, -0.2) is 70.0 Å².